The van der Waals surface area contributed by atoms with E-state index in [1.165, 1.54) is 12.1 Å². The van der Waals surface area contributed by atoms with Crippen LogP contribution in [0, 0.1) is 0 Å². The fourth-order valence-corrected chi connectivity index (χ4v) is 1.75. The number of halogens is 4. The summed E-state index contributed by atoms with van der Waals surface area (Å²) in [7, 11) is 0. The monoisotopic (exact) mass is 255 g/mol. The van der Waals surface area contributed by atoms with Gasteiger partial charge in [0.25, 0.3) is 6.43 Å². The molecule has 0 unspecified atom stereocenters. The second kappa shape index (κ2) is 3.58. The van der Waals surface area contributed by atoms with Crippen molar-refractivity contribution >= 4 is 33.2 Å². The van der Waals surface area contributed by atoms with Crippen molar-refractivity contribution in [2.45, 2.75) is 6.43 Å². The van der Waals surface area contributed by atoms with Crippen LogP contribution in [0.15, 0.2) is 16.6 Å². The lowest BCUT2D eigenvalue weighted by atomic mass is 10.2. The van der Waals surface area contributed by atoms with Crippen molar-refractivity contribution in [3.05, 3.63) is 27.2 Å². The summed E-state index contributed by atoms with van der Waals surface area (Å²) < 4.78 is 25.1. The third kappa shape index (κ3) is 1.87. The molecule has 0 radical (unpaired) electrons. The summed E-state index contributed by atoms with van der Waals surface area (Å²) in [6.07, 6.45) is -2.63. The third-order valence-electron chi connectivity index (χ3n) is 1.34. The Morgan fingerprint density at radius 2 is 2.00 bits per heavy atom. The van der Waals surface area contributed by atoms with E-state index in [1.54, 1.807) is 0 Å². The molecule has 0 fully saturated rings. The molecule has 0 saturated carbocycles. The molecule has 0 aliphatic carbocycles. The average Bonchev–Trinajstić information content (AvgIpc) is 1.82. The van der Waals surface area contributed by atoms with Gasteiger partial charge >= 0.3 is 0 Å². The van der Waals surface area contributed by atoms with Crippen molar-refractivity contribution in [3.63, 3.8) is 0 Å². The van der Waals surface area contributed by atoms with Gasteiger partial charge in [0.1, 0.15) is 0 Å². The second-order valence-electron chi connectivity index (χ2n) is 2.19. The van der Waals surface area contributed by atoms with Crippen LogP contribution in [0.1, 0.15) is 12.0 Å². The predicted molar refractivity (Wildman–Crippen MR) is 48.5 cm³/mol. The zero-order valence-corrected chi connectivity index (χ0v) is 8.16. The molecule has 12 heavy (non-hydrogen) atoms. The van der Waals surface area contributed by atoms with Crippen molar-refractivity contribution in [2.24, 2.45) is 0 Å². The summed E-state index contributed by atoms with van der Waals surface area (Å²) in [5.74, 6) is 0. The Morgan fingerprint density at radius 3 is 2.42 bits per heavy atom. The lowest BCUT2D eigenvalue weighted by Crippen LogP contribution is -1.95. The molecule has 0 amide bonds. The molecule has 66 valence electrons. The molecule has 2 N–H and O–H groups in total. The summed E-state index contributed by atoms with van der Waals surface area (Å²) in [6, 6.07) is 2.78. The lowest BCUT2D eigenvalue weighted by Gasteiger charge is -2.06. The van der Waals surface area contributed by atoms with E-state index >= 15 is 0 Å². The minimum Gasteiger partial charge on any atom is -0.398 e. The maximum atomic E-state index is 12.2. The molecular formula is C7H5BrClF2N. The Morgan fingerprint density at radius 1 is 1.42 bits per heavy atom. The van der Waals surface area contributed by atoms with Gasteiger partial charge in [-0.25, -0.2) is 8.78 Å². The first-order valence-corrected chi connectivity index (χ1v) is 4.22. The Kier molecular flexibility index (Phi) is 2.90. The summed E-state index contributed by atoms with van der Waals surface area (Å²) in [5, 5.41) is -0.0168. The van der Waals surface area contributed by atoms with Crippen LogP contribution in [0.2, 0.25) is 5.02 Å². The van der Waals surface area contributed by atoms with Gasteiger partial charge in [-0.3, -0.25) is 0 Å². The van der Waals surface area contributed by atoms with Crippen molar-refractivity contribution in [1.82, 2.24) is 0 Å². The molecule has 0 saturated heterocycles. The minimum atomic E-state index is -2.63. The maximum Gasteiger partial charge on any atom is 0.267 e. The quantitative estimate of drug-likeness (QED) is 0.763. The van der Waals surface area contributed by atoms with Gasteiger partial charge in [0, 0.05) is 10.2 Å². The van der Waals surface area contributed by atoms with Gasteiger partial charge in [0.15, 0.2) is 0 Å². The van der Waals surface area contributed by atoms with Crippen molar-refractivity contribution in [3.8, 4) is 0 Å². The van der Waals surface area contributed by atoms with Gasteiger partial charge < -0.3 is 5.73 Å². The van der Waals surface area contributed by atoms with Crippen LogP contribution in [0.25, 0.3) is 0 Å². The summed E-state index contributed by atoms with van der Waals surface area (Å²) in [4.78, 5) is 0. The molecule has 0 aromatic heterocycles. The van der Waals surface area contributed by atoms with E-state index in [9.17, 15) is 8.78 Å². The number of alkyl halides is 2. The third-order valence-corrected chi connectivity index (χ3v) is 2.12. The largest absolute Gasteiger partial charge is 0.398 e. The van der Waals surface area contributed by atoms with Gasteiger partial charge in [-0.05, 0) is 12.1 Å². The molecule has 1 nitrogen and oxygen atoms in total. The summed E-state index contributed by atoms with van der Waals surface area (Å²) >= 11 is 8.63. The Balaban J connectivity index is 3.28. The summed E-state index contributed by atoms with van der Waals surface area (Å²) in [6.45, 7) is 0. The van der Waals surface area contributed by atoms with Crippen LogP contribution >= 0.6 is 27.5 Å². The van der Waals surface area contributed by atoms with E-state index in [4.69, 9.17) is 17.3 Å². The maximum absolute atomic E-state index is 12.2. The molecule has 0 spiro atoms. The average molecular weight is 256 g/mol. The highest BCUT2D eigenvalue weighted by Gasteiger charge is 2.15. The molecule has 0 aliphatic heterocycles. The van der Waals surface area contributed by atoms with Crippen LogP contribution in [0.5, 0.6) is 0 Å². The molecule has 0 heterocycles. The smallest absolute Gasteiger partial charge is 0.267 e. The number of hydrogen-bond donors (Lipinski definition) is 1. The Bertz CT molecular complexity index is 280. The van der Waals surface area contributed by atoms with Crippen LogP contribution < -0.4 is 5.73 Å². The molecule has 0 bridgehead atoms. The number of nitrogens with two attached hydrogens (primary N) is 1. The highest BCUT2D eigenvalue weighted by molar-refractivity contribution is 9.10. The molecule has 0 atom stereocenters. The fourth-order valence-electron chi connectivity index (χ4n) is 0.835. The highest BCUT2D eigenvalue weighted by atomic mass is 79.9. The number of hydrogen-bond acceptors (Lipinski definition) is 1. The minimum absolute atomic E-state index is 0.00405. The Labute approximate surface area is 81.6 Å². The van der Waals surface area contributed by atoms with Crippen LogP contribution in [0.4, 0.5) is 14.5 Å². The number of nitrogen functional groups attached to an aromatic ring is 1. The second-order valence-corrected chi connectivity index (χ2v) is 3.51. The van der Waals surface area contributed by atoms with Gasteiger partial charge in [-0.1, -0.05) is 27.5 Å². The fraction of sp³-hybridized carbons (Fsp3) is 0.143. The van der Waals surface area contributed by atoms with E-state index in [0.717, 1.165) is 0 Å². The van der Waals surface area contributed by atoms with Gasteiger partial charge in [-0.15, -0.1) is 0 Å². The topological polar surface area (TPSA) is 26.0 Å². The standard InChI is InChI=1S/C7H5BrClF2N/c8-3-1-4(9)6(7(10)11)5(12)2-3/h1-2,7H,12H2. The molecule has 5 heteroatoms. The normalized spacial score (nSPS) is 10.8. The zero-order valence-electron chi connectivity index (χ0n) is 5.82. The number of rotatable bonds is 1. The lowest BCUT2D eigenvalue weighted by molar-refractivity contribution is 0.152. The van der Waals surface area contributed by atoms with Gasteiger partial charge in [-0.2, -0.15) is 0 Å². The molecular weight excluding hydrogens is 251 g/mol. The first-order valence-electron chi connectivity index (χ1n) is 3.05. The first-order chi connectivity index (χ1) is 5.52. The van der Waals surface area contributed by atoms with E-state index in [0.29, 0.717) is 4.47 Å². The van der Waals surface area contributed by atoms with Crippen molar-refractivity contribution in [1.29, 1.82) is 0 Å². The highest BCUT2D eigenvalue weighted by Crippen LogP contribution is 2.34. The van der Waals surface area contributed by atoms with E-state index in [-0.39, 0.29) is 16.3 Å². The predicted octanol–water partition coefficient (Wildman–Crippen LogP) is 3.62. The van der Waals surface area contributed by atoms with Crippen LogP contribution in [0.3, 0.4) is 0 Å². The Hall–Kier alpha value is -0.350. The molecule has 1 rings (SSSR count). The van der Waals surface area contributed by atoms with E-state index in [1.807, 2.05) is 0 Å². The molecule has 1 aromatic carbocycles. The SMILES string of the molecule is Nc1cc(Br)cc(Cl)c1C(F)F. The van der Waals surface area contributed by atoms with Crippen LogP contribution in [-0.2, 0) is 0 Å². The van der Waals surface area contributed by atoms with E-state index < -0.39 is 6.43 Å². The zero-order chi connectivity index (χ0) is 9.30. The number of anilines is 1. The first kappa shape index (κ1) is 9.74. The molecule has 1 aromatic rings. The van der Waals surface area contributed by atoms with E-state index in [2.05, 4.69) is 15.9 Å². The number of benzene rings is 1. The van der Waals surface area contributed by atoms with Gasteiger partial charge in [0.2, 0.25) is 0 Å². The van der Waals surface area contributed by atoms with Crippen molar-refractivity contribution in [2.75, 3.05) is 5.73 Å². The van der Waals surface area contributed by atoms with Crippen molar-refractivity contribution < 1.29 is 8.78 Å². The van der Waals surface area contributed by atoms with Crippen LogP contribution in [-0.4, -0.2) is 0 Å². The van der Waals surface area contributed by atoms with Gasteiger partial charge in [0.05, 0.1) is 10.6 Å². The molecule has 0 aliphatic rings. The summed E-state index contributed by atoms with van der Waals surface area (Å²) in [5.41, 5.74) is 5.03.